The smallest absolute Gasteiger partial charge is 0.214 e. The highest BCUT2D eigenvalue weighted by atomic mass is 31.2. The largest absolute Gasteiger partial charge is 0.790 e. The van der Waals surface area contributed by atoms with Crippen LogP contribution in [-0.4, -0.2) is 100 Å². The second-order valence-electron chi connectivity index (χ2n) is 6.43. The minimum Gasteiger partial charge on any atom is -0.790 e. The molecule has 2 aliphatic heterocycles. The van der Waals surface area contributed by atoms with Gasteiger partial charge in [-0.2, -0.15) is 0 Å². The summed E-state index contributed by atoms with van der Waals surface area (Å²) in [5.41, 5.74) is 7.14. The Morgan fingerprint density at radius 3 is 2.15 bits per heavy atom. The zero-order chi connectivity index (χ0) is 20.5. The summed E-state index contributed by atoms with van der Waals surface area (Å²) < 4.78 is 30.7. The van der Waals surface area contributed by atoms with Crippen LogP contribution < -0.4 is 21.3 Å². The molecule has 0 bridgehead atoms. The van der Waals surface area contributed by atoms with Crippen LogP contribution in [0, 0.1) is 0 Å². The van der Waals surface area contributed by atoms with Gasteiger partial charge in [-0.3, -0.25) is 0 Å². The third-order valence-electron chi connectivity index (χ3n) is 4.52. The van der Waals surface area contributed by atoms with Gasteiger partial charge in [-0.15, -0.1) is 0 Å². The molecule has 2 fully saturated rings. The van der Waals surface area contributed by atoms with Crippen LogP contribution in [0.5, 0.6) is 0 Å². The van der Waals surface area contributed by atoms with Gasteiger partial charge in [-0.1, -0.05) is 0 Å². The first kappa shape index (κ1) is 23.0. The van der Waals surface area contributed by atoms with E-state index in [1.165, 1.54) is 0 Å². The Bertz CT molecular complexity index is 535. The van der Waals surface area contributed by atoms with Crippen LogP contribution in [0.4, 0.5) is 0 Å². The predicted molar refractivity (Wildman–Crippen MR) is 76.4 cm³/mol. The molecule has 2 saturated heterocycles. The van der Waals surface area contributed by atoms with Crippen molar-refractivity contribution in [1.29, 1.82) is 0 Å². The number of hydrogen-bond donors (Lipinski definition) is 7. The molecule has 2 heterocycles. The monoisotopic (exact) mass is 420 g/mol. The molecule has 0 aromatic carbocycles. The van der Waals surface area contributed by atoms with Crippen molar-refractivity contribution in [3.8, 4) is 0 Å². The summed E-state index contributed by atoms with van der Waals surface area (Å²) in [6, 6.07) is -2.12. The molecule has 0 aromatic rings. The summed E-state index contributed by atoms with van der Waals surface area (Å²) in [6.45, 7) is -1.51. The van der Waals surface area contributed by atoms with Crippen molar-refractivity contribution in [2.24, 2.45) is 0 Å². The molecule has 160 valence electrons. The van der Waals surface area contributed by atoms with E-state index in [1.807, 2.05) is 0 Å². The van der Waals surface area contributed by atoms with Crippen LogP contribution in [0.2, 0.25) is 0 Å². The summed E-state index contributed by atoms with van der Waals surface area (Å²) in [4.78, 5) is 21.2. The molecule has 0 unspecified atom stereocenters. The summed E-state index contributed by atoms with van der Waals surface area (Å²) in [6.07, 6.45) is -11.2. The van der Waals surface area contributed by atoms with Crippen LogP contribution in [0.15, 0.2) is 0 Å². The van der Waals surface area contributed by atoms with Crippen molar-refractivity contribution in [1.82, 2.24) is 0 Å². The number of aliphatic hydroxyl groups is 5. The minimum absolute atomic E-state index is 0.632. The van der Waals surface area contributed by atoms with E-state index in [1.54, 1.807) is 0 Å². The molecule has 0 amide bonds. The van der Waals surface area contributed by atoms with Gasteiger partial charge in [0, 0.05) is 0 Å². The average molecular weight is 420 g/mol. The lowest BCUT2D eigenvalue weighted by Gasteiger charge is -2.44. The van der Waals surface area contributed by atoms with Crippen molar-refractivity contribution >= 4 is 7.82 Å². The normalized spacial score (nSPS) is 46.4. The number of quaternary nitrogens is 2. The predicted octanol–water partition coefficient (Wildman–Crippen LogP) is -8.05. The van der Waals surface area contributed by atoms with E-state index in [0.717, 1.165) is 0 Å². The highest BCUT2D eigenvalue weighted by Gasteiger charge is 2.51. The molecule has 0 spiro atoms. The third-order valence-corrected chi connectivity index (χ3v) is 4.98. The quantitative estimate of drug-likeness (QED) is 0.198. The molecule has 11 N–H and O–H groups in total. The highest BCUT2D eigenvalue weighted by molar-refractivity contribution is 7.43. The maximum absolute atomic E-state index is 10.6. The zero-order valence-electron chi connectivity index (χ0n) is 14.1. The van der Waals surface area contributed by atoms with Crippen LogP contribution >= 0.6 is 7.82 Å². The van der Waals surface area contributed by atoms with E-state index in [0.29, 0.717) is 0 Å². The fourth-order valence-corrected chi connectivity index (χ4v) is 3.21. The molecular formula is C12H25N2O12P. The lowest BCUT2D eigenvalue weighted by atomic mass is 9.95. The molecule has 15 heteroatoms. The van der Waals surface area contributed by atoms with E-state index < -0.39 is 82.3 Å². The molecule has 0 aliphatic carbocycles. The van der Waals surface area contributed by atoms with E-state index in [-0.39, 0.29) is 0 Å². The van der Waals surface area contributed by atoms with Gasteiger partial charge in [0.05, 0.1) is 21.0 Å². The van der Waals surface area contributed by atoms with Gasteiger partial charge < -0.3 is 70.1 Å². The Hall–Kier alpha value is -0.290. The summed E-state index contributed by atoms with van der Waals surface area (Å²) >= 11 is 0. The Morgan fingerprint density at radius 2 is 1.59 bits per heavy atom. The standard InChI is InChI=1S/C12H25N2O12P/c13-5-9(18)10(3(1-15)24-11(5)19)26-12-6(14)8(17)7(16)4(25-12)2-23-27(20,21)22/h3-12,15-19H,1-2,13-14H2,(H2,20,21,22)/t3-,4-,5-,6-,7-,8-,9-,10-,11+,12+/m1/s1. The van der Waals surface area contributed by atoms with Gasteiger partial charge in [-0.25, -0.2) is 0 Å². The maximum Gasteiger partial charge on any atom is 0.214 e. The molecule has 27 heavy (non-hydrogen) atoms. The summed E-state index contributed by atoms with van der Waals surface area (Å²) in [5, 5.41) is 49.3. The van der Waals surface area contributed by atoms with E-state index in [9.17, 15) is 39.9 Å². The Balaban J connectivity index is 2.11. The third kappa shape index (κ3) is 5.41. The maximum atomic E-state index is 10.6. The first-order chi connectivity index (χ1) is 12.5. The number of hydrogen-bond acceptors (Lipinski definition) is 12. The molecule has 2 aliphatic rings. The summed E-state index contributed by atoms with van der Waals surface area (Å²) in [7, 11) is -5.35. The molecule has 0 radical (unpaired) electrons. The van der Waals surface area contributed by atoms with Gasteiger partial charge in [0.25, 0.3) is 0 Å². The van der Waals surface area contributed by atoms with Crippen LogP contribution in [0.1, 0.15) is 0 Å². The average Bonchev–Trinajstić information content (AvgIpc) is 2.60. The van der Waals surface area contributed by atoms with Crippen molar-refractivity contribution in [3.05, 3.63) is 0 Å². The number of rotatable bonds is 6. The van der Waals surface area contributed by atoms with Crippen LogP contribution in [0.3, 0.4) is 0 Å². The molecule has 2 rings (SSSR count). The SMILES string of the molecule is [NH3+][C@@H]1[C@@H](O)[C@H](O[C@@H]2O[C@H](COP(=O)([O-])[O-])[C@@H](O)[C@H](O)[C@H]2[NH3+])[C@@H](CO)O[C@@H]1O. The van der Waals surface area contributed by atoms with Crippen molar-refractivity contribution in [2.45, 2.75) is 61.3 Å². The van der Waals surface area contributed by atoms with Gasteiger partial charge >= 0.3 is 0 Å². The molecular weight excluding hydrogens is 395 g/mol. The number of aliphatic hydroxyl groups excluding tert-OH is 5. The second kappa shape index (κ2) is 9.02. The number of phosphoric acid groups is 1. The van der Waals surface area contributed by atoms with Gasteiger partial charge in [0.1, 0.15) is 36.6 Å². The molecule has 0 aromatic heterocycles. The van der Waals surface area contributed by atoms with Crippen LogP contribution in [0.25, 0.3) is 0 Å². The Labute approximate surface area is 153 Å². The Morgan fingerprint density at radius 1 is 0.963 bits per heavy atom. The van der Waals surface area contributed by atoms with Gasteiger partial charge in [-0.05, 0) is 0 Å². The molecule has 10 atom stereocenters. The molecule has 0 saturated carbocycles. The lowest BCUT2D eigenvalue weighted by molar-refractivity contribution is -0.522. The fraction of sp³-hybridized carbons (Fsp3) is 1.00. The van der Waals surface area contributed by atoms with E-state index in [2.05, 4.69) is 16.0 Å². The van der Waals surface area contributed by atoms with Crippen molar-refractivity contribution in [3.63, 3.8) is 0 Å². The van der Waals surface area contributed by atoms with Crippen molar-refractivity contribution in [2.75, 3.05) is 13.2 Å². The first-order valence-electron chi connectivity index (χ1n) is 8.08. The minimum atomic E-state index is -5.35. The second-order valence-corrected chi connectivity index (χ2v) is 7.59. The zero-order valence-corrected chi connectivity index (χ0v) is 15.0. The highest BCUT2D eigenvalue weighted by Crippen LogP contribution is 2.30. The van der Waals surface area contributed by atoms with Crippen LogP contribution in [-0.2, 0) is 23.3 Å². The summed E-state index contributed by atoms with van der Waals surface area (Å²) in [5.74, 6) is 0. The van der Waals surface area contributed by atoms with Crippen molar-refractivity contribution < 1.29 is 70.1 Å². The first-order valence-corrected chi connectivity index (χ1v) is 9.54. The van der Waals surface area contributed by atoms with E-state index in [4.69, 9.17) is 14.2 Å². The number of ether oxygens (including phenoxy) is 3. The van der Waals surface area contributed by atoms with Gasteiger partial charge in [0.15, 0.2) is 12.1 Å². The lowest BCUT2D eigenvalue weighted by Crippen LogP contribution is -2.81. The van der Waals surface area contributed by atoms with E-state index >= 15 is 0 Å². The Kier molecular flexibility index (Phi) is 7.68. The number of phosphoric ester groups is 1. The molecule has 14 nitrogen and oxygen atoms in total. The van der Waals surface area contributed by atoms with Gasteiger partial charge in [0.2, 0.25) is 12.6 Å². The topological polar surface area (TPSA) is 257 Å². The fourth-order valence-electron chi connectivity index (χ4n) is 2.88.